The van der Waals surface area contributed by atoms with Crippen LogP contribution in [-0.4, -0.2) is 24.4 Å². The van der Waals surface area contributed by atoms with Crippen molar-refractivity contribution in [1.29, 1.82) is 0 Å². The molecular weight excluding hydrogens is 336 g/mol. The third kappa shape index (κ3) is 4.18. The van der Waals surface area contributed by atoms with Gasteiger partial charge in [0.1, 0.15) is 0 Å². The van der Waals surface area contributed by atoms with Crippen LogP contribution in [0.1, 0.15) is 37.0 Å². The topological polar surface area (TPSA) is 26.3 Å². The fourth-order valence-corrected chi connectivity index (χ4v) is 4.60. The molecule has 1 aliphatic rings. The maximum atomic E-state index is 12.2. The number of carbonyl (C=O) groups excluding carboxylic acids is 1. The van der Waals surface area contributed by atoms with Crippen LogP contribution in [-0.2, 0) is 9.53 Å². The molecule has 0 aliphatic heterocycles. The highest BCUT2D eigenvalue weighted by atomic mass is 32.1. The first-order valence-electron chi connectivity index (χ1n) is 8.41. The van der Waals surface area contributed by atoms with Crippen LogP contribution in [0.25, 0.3) is 15.7 Å². The fourth-order valence-electron chi connectivity index (χ4n) is 3.20. The van der Waals surface area contributed by atoms with Crippen LogP contribution in [0.5, 0.6) is 0 Å². The van der Waals surface area contributed by atoms with Crippen molar-refractivity contribution < 1.29 is 9.53 Å². The molecule has 1 heterocycles. The SMILES string of the molecule is COCCCC1CC(c2cc3ccccc3s2)=CC(=O)CCC1=S. The third-order valence-electron chi connectivity index (χ3n) is 4.52. The second kappa shape index (κ2) is 8.15. The van der Waals surface area contributed by atoms with Crippen molar-refractivity contribution in [2.24, 2.45) is 5.92 Å². The summed E-state index contributed by atoms with van der Waals surface area (Å²) in [6.45, 7) is 0.764. The molecule has 1 aliphatic carbocycles. The number of rotatable bonds is 5. The van der Waals surface area contributed by atoms with Crippen molar-refractivity contribution in [3.05, 3.63) is 41.3 Å². The number of allylic oxidation sites excluding steroid dienone is 2. The summed E-state index contributed by atoms with van der Waals surface area (Å²) in [5.41, 5.74) is 1.14. The first-order chi connectivity index (χ1) is 11.7. The number of ketones is 1. The Bertz CT molecular complexity index is 740. The van der Waals surface area contributed by atoms with E-state index in [9.17, 15) is 4.79 Å². The number of thiophene rings is 1. The third-order valence-corrected chi connectivity index (χ3v) is 6.25. The Balaban J connectivity index is 1.88. The van der Waals surface area contributed by atoms with E-state index in [-0.39, 0.29) is 5.78 Å². The van der Waals surface area contributed by atoms with Gasteiger partial charge in [-0.2, -0.15) is 0 Å². The zero-order valence-electron chi connectivity index (χ0n) is 13.9. The minimum Gasteiger partial charge on any atom is -0.385 e. The van der Waals surface area contributed by atoms with E-state index in [1.807, 2.05) is 6.08 Å². The average molecular weight is 359 g/mol. The first-order valence-corrected chi connectivity index (χ1v) is 9.64. The molecule has 0 N–H and O–H groups in total. The normalized spacial score (nSPS) is 19.2. The number of carbonyl (C=O) groups is 1. The van der Waals surface area contributed by atoms with Crippen molar-refractivity contribution in [2.75, 3.05) is 13.7 Å². The number of thiocarbonyl (C=S) groups is 1. The monoisotopic (exact) mass is 358 g/mol. The van der Waals surface area contributed by atoms with Crippen LogP contribution in [0.4, 0.5) is 0 Å². The van der Waals surface area contributed by atoms with E-state index in [4.69, 9.17) is 17.0 Å². The van der Waals surface area contributed by atoms with Crippen LogP contribution in [0.2, 0.25) is 0 Å². The lowest BCUT2D eigenvalue weighted by Crippen LogP contribution is -2.17. The highest BCUT2D eigenvalue weighted by Crippen LogP contribution is 2.36. The van der Waals surface area contributed by atoms with Crippen molar-refractivity contribution in [2.45, 2.75) is 32.1 Å². The van der Waals surface area contributed by atoms with Gasteiger partial charge in [-0.1, -0.05) is 30.4 Å². The number of methoxy groups -OCH3 is 1. The highest BCUT2D eigenvalue weighted by molar-refractivity contribution is 7.80. The predicted octanol–water partition coefficient (Wildman–Crippen LogP) is 5.45. The molecule has 1 aromatic carbocycles. The molecule has 1 unspecified atom stereocenters. The Morgan fingerprint density at radius 1 is 1.29 bits per heavy atom. The van der Waals surface area contributed by atoms with E-state index in [0.29, 0.717) is 12.3 Å². The molecule has 24 heavy (non-hydrogen) atoms. The van der Waals surface area contributed by atoms with Crippen LogP contribution in [0.15, 0.2) is 36.4 Å². The lowest BCUT2D eigenvalue weighted by atomic mass is 9.86. The van der Waals surface area contributed by atoms with E-state index < -0.39 is 0 Å². The summed E-state index contributed by atoms with van der Waals surface area (Å²) in [4.78, 5) is 14.4. The molecular formula is C20H22O2S2. The first kappa shape index (κ1) is 17.5. The molecule has 3 rings (SSSR count). The van der Waals surface area contributed by atoms with E-state index in [0.717, 1.165) is 42.7 Å². The van der Waals surface area contributed by atoms with Gasteiger partial charge in [-0.3, -0.25) is 4.79 Å². The van der Waals surface area contributed by atoms with Crippen LogP contribution < -0.4 is 0 Å². The van der Waals surface area contributed by atoms with E-state index in [1.165, 1.54) is 15.0 Å². The number of ether oxygens (including phenoxy) is 1. The minimum atomic E-state index is 0.195. The summed E-state index contributed by atoms with van der Waals surface area (Å²) in [5, 5.41) is 1.24. The molecule has 0 spiro atoms. The summed E-state index contributed by atoms with van der Waals surface area (Å²) in [5.74, 6) is 0.555. The minimum absolute atomic E-state index is 0.195. The molecule has 0 radical (unpaired) electrons. The van der Waals surface area contributed by atoms with Gasteiger partial charge in [0.15, 0.2) is 5.78 Å². The van der Waals surface area contributed by atoms with E-state index >= 15 is 0 Å². The molecule has 0 bridgehead atoms. The highest BCUT2D eigenvalue weighted by Gasteiger charge is 2.22. The predicted molar refractivity (Wildman–Crippen MR) is 106 cm³/mol. The summed E-state index contributed by atoms with van der Waals surface area (Å²) in [6.07, 6.45) is 6.03. The van der Waals surface area contributed by atoms with Crippen molar-refractivity contribution in [1.82, 2.24) is 0 Å². The van der Waals surface area contributed by atoms with Gasteiger partial charge in [0.2, 0.25) is 0 Å². The molecule has 126 valence electrons. The Kier molecular flexibility index (Phi) is 5.93. The van der Waals surface area contributed by atoms with Gasteiger partial charge in [-0.05, 0) is 65.6 Å². The summed E-state index contributed by atoms with van der Waals surface area (Å²) in [7, 11) is 1.73. The lowest BCUT2D eigenvalue weighted by Gasteiger charge is -2.21. The Labute approximate surface area is 152 Å². The second-order valence-corrected chi connectivity index (χ2v) is 7.89. The molecule has 0 saturated heterocycles. The maximum Gasteiger partial charge on any atom is 0.156 e. The van der Waals surface area contributed by atoms with Crippen molar-refractivity contribution in [3.8, 4) is 0 Å². The summed E-state index contributed by atoms with van der Waals surface area (Å²) < 4.78 is 6.45. The Morgan fingerprint density at radius 3 is 2.92 bits per heavy atom. The smallest absolute Gasteiger partial charge is 0.156 e. The number of fused-ring (bicyclic) bond motifs is 1. The van der Waals surface area contributed by atoms with Crippen molar-refractivity contribution in [3.63, 3.8) is 0 Å². The Morgan fingerprint density at radius 2 is 2.12 bits per heavy atom. The molecule has 1 atom stereocenters. The van der Waals surface area contributed by atoms with Gasteiger partial charge in [0.05, 0.1) is 0 Å². The molecule has 0 fully saturated rings. The van der Waals surface area contributed by atoms with E-state index in [1.54, 1.807) is 18.4 Å². The quantitative estimate of drug-likeness (QED) is 0.525. The molecule has 1 aromatic heterocycles. The summed E-state index contributed by atoms with van der Waals surface area (Å²) in [6, 6.07) is 10.6. The van der Waals surface area contributed by atoms with E-state index in [2.05, 4.69) is 30.3 Å². The Hall–Kier alpha value is -1.36. The summed E-state index contributed by atoms with van der Waals surface area (Å²) >= 11 is 7.39. The number of hydrogen-bond donors (Lipinski definition) is 0. The van der Waals surface area contributed by atoms with Gasteiger partial charge < -0.3 is 4.74 Å². The van der Waals surface area contributed by atoms with Crippen LogP contribution in [0.3, 0.4) is 0 Å². The fraction of sp³-hybridized carbons (Fsp3) is 0.400. The number of hydrogen-bond acceptors (Lipinski definition) is 4. The lowest BCUT2D eigenvalue weighted by molar-refractivity contribution is -0.114. The zero-order valence-corrected chi connectivity index (χ0v) is 15.6. The second-order valence-electron chi connectivity index (χ2n) is 6.29. The molecule has 0 saturated carbocycles. The van der Waals surface area contributed by atoms with Crippen molar-refractivity contribution >= 4 is 49.9 Å². The number of benzene rings is 1. The zero-order chi connectivity index (χ0) is 16.9. The molecule has 0 amide bonds. The van der Waals surface area contributed by atoms with Crippen LogP contribution in [0, 0.1) is 5.92 Å². The molecule has 2 aromatic rings. The van der Waals surface area contributed by atoms with Gasteiger partial charge in [-0.15, -0.1) is 11.3 Å². The van der Waals surface area contributed by atoms with Gasteiger partial charge in [0.25, 0.3) is 0 Å². The van der Waals surface area contributed by atoms with Gasteiger partial charge in [0, 0.05) is 29.7 Å². The van der Waals surface area contributed by atoms with Gasteiger partial charge in [-0.25, -0.2) is 0 Å². The van der Waals surface area contributed by atoms with Crippen LogP contribution >= 0.6 is 23.6 Å². The average Bonchev–Trinajstić information content (AvgIpc) is 3.01. The largest absolute Gasteiger partial charge is 0.385 e. The molecule has 2 nitrogen and oxygen atoms in total. The molecule has 4 heteroatoms. The maximum absolute atomic E-state index is 12.2. The standard InChI is InChI=1S/C20H22O2S2/c1-22-10-4-6-14-11-16(12-17(21)8-9-18(14)23)20-13-15-5-2-3-7-19(15)24-20/h2-3,5,7,12-14H,4,6,8-11H2,1H3. The van der Waals surface area contributed by atoms with Gasteiger partial charge >= 0.3 is 0 Å².